The molecule has 0 amide bonds. The van der Waals surface area contributed by atoms with Crippen molar-refractivity contribution in [2.45, 2.75) is 25.6 Å². The van der Waals surface area contributed by atoms with Crippen LogP contribution >= 0.6 is 0 Å². The Bertz CT molecular complexity index is 765. The second-order valence-electron chi connectivity index (χ2n) is 5.78. The van der Waals surface area contributed by atoms with Crippen molar-refractivity contribution < 1.29 is 4.74 Å². The maximum atomic E-state index is 6.05. The van der Waals surface area contributed by atoms with Crippen LogP contribution < -0.4 is 4.90 Å². The van der Waals surface area contributed by atoms with Gasteiger partial charge in [0, 0.05) is 13.1 Å². The number of aromatic amines is 1. The van der Waals surface area contributed by atoms with Crippen molar-refractivity contribution in [3.8, 4) is 0 Å². The molecule has 1 N–H and O–H groups in total. The number of aromatic nitrogens is 4. The third-order valence-corrected chi connectivity index (χ3v) is 4.27. The number of nitrogens with one attached hydrogen (secondary N) is 1. The lowest BCUT2D eigenvalue weighted by atomic mass is 10.1. The van der Waals surface area contributed by atoms with Gasteiger partial charge in [0.2, 0.25) is 0 Å². The van der Waals surface area contributed by atoms with Gasteiger partial charge in [-0.05, 0) is 18.4 Å². The van der Waals surface area contributed by atoms with Crippen molar-refractivity contribution in [2.75, 3.05) is 18.0 Å². The summed E-state index contributed by atoms with van der Waals surface area (Å²) in [6.45, 7) is 2.55. The van der Waals surface area contributed by atoms with Crippen molar-refractivity contribution in [1.82, 2.24) is 19.9 Å². The Hall–Kier alpha value is -2.47. The van der Waals surface area contributed by atoms with E-state index in [4.69, 9.17) is 4.74 Å². The third kappa shape index (κ3) is 3.03. The summed E-state index contributed by atoms with van der Waals surface area (Å²) in [5, 5.41) is 0. The molecular formula is C17H19N5O. The summed E-state index contributed by atoms with van der Waals surface area (Å²) in [6, 6.07) is 10.3. The number of anilines is 1. The molecule has 0 spiro atoms. The molecule has 23 heavy (non-hydrogen) atoms. The molecular weight excluding hydrogens is 290 g/mol. The van der Waals surface area contributed by atoms with Crippen LogP contribution in [0.4, 0.5) is 5.82 Å². The molecule has 1 aliphatic rings. The molecule has 0 saturated carbocycles. The smallest absolute Gasteiger partial charge is 0.182 e. The Kier molecular flexibility index (Phi) is 3.90. The van der Waals surface area contributed by atoms with E-state index in [0.29, 0.717) is 12.7 Å². The molecule has 2 aromatic heterocycles. The van der Waals surface area contributed by atoms with Gasteiger partial charge in [0.05, 0.1) is 19.0 Å². The second-order valence-corrected chi connectivity index (χ2v) is 5.78. The van der Waals surface area contributed by atoms with Gasteiger partial charge in [0.15, 0.2) is 11.5 Å². The first-order chi connectivity index (χ1) is 11.4. The molecule has 1 saturated heterocycles. The van der Waals surface area contributed by atoms with Crippen LogP contribution in [0.2, 0.25) is 0 Å². The fourth-order valence-corrected chi connectivity index (χ4v) is 3.01. The van der Waals surface area contributed by atoms with Crippen molar-refractivity contribution >= 4 is 17.0 Å². The summed E-state index contributed by atoms with van der Waals surface area (Å²) >= 11 is 0. The van der Waals surface area contributed by atoms with Crippen LogP contribution in [0, 0.1) is 0 Å². The normalized spacial score (nSPS) is 16.1. The molecule has 4 rings (SSSR count). The van der Waals surface area contributed by atoms with Crippen LogP contribution in [0.3, 0.4) is 0 Å². The molecule has 3 aromatic rings. The van der Waals surface area contributed by atoms with Gasteiger partial charge < -0.3 is 14.6 Å². The molecule has 1 aromatic carbocycles. The first-order valence-electron chi connectivity index (χ1n) is 7.95. The number of benzene rings is 1. The van der Waals surface area contributed by atoms with E-state index < -0.39 is 0 Å². The van der Waals surface area contributed by atoms with Gasteiger partial charge in [-0.15, -0.1) is 0 Å². The summed E-state index contributed by atoms with van der Waals surface area (Å²) < 4.78 is 6.05. The average Bonchev–Trinajstić information content (AvgIpc) is 3.10. The first kappa shape index (κ1) is 14.1. The molecule has 0 radical (unpaired) electrons. The number of rotatable bonds is 4. The lowest BCUT2D eigenvalue weighted by Crippen LogP contribution is -2.37. The van der Waals surface area contributed by atoms with Crippen LogP contribution in [0.25, 0.3) is 11.2 Å². The monoisotopic (exact) mass is 309 g/mol. The van der Waals surface area contributed by atoms with Crippen molar-refractivity contribution in [1.29, 1.82) is 0 Å². The zero-order valence-electron chi connectivity index (χ0n) is 12.9. The predicted octanol–water partition coefficient (Wildman–Crippen LogP) is 2.54. The minimum absolute atomic E-state index is 0.311. The van der Waals surface area contributed by atoms with Gasteiger partial charge in [-0.1, -0.05) is 30.3 Å². The van der Waals surface area contributed by atoms with Gasteiger partial charge in [-0.3, -0.25) is 0 Å². The highest BCUT2D eigenvalue weighted by Crippen LogP contribution is 2.24. The highest BCUT2D eigenvalue weighted by molar-refractivity contribution is 5.82. The summed E-state index contributed by atoms with van der Waals surface area (Å²) in [5.41, 5.74) is 2.86. The topological polar surface area (TPSA) is 66.9 Å². The van der Waals surface area contributed by atoms with E-state index in [1.165, 1.54) is 5.56 Å². The van der Waals surface area contributed by atoms with E-state index in [1.807, 2.05) is 18.2 Å². The molecule has 0 aliphatic carbocycles. The van der Waals surface area contributed by atoms with Crippen molar-refractivity contribution in [2.24, 2.45) is 0 Å². The number of H-pyrrole nitrogens is 1. The van der Waals surface area contributed by atoms with Crippen molar-refractivity contribution in [3.63, 3.8) is 0 Å². The van der Waals surface area contributed by atoms with Crippen LogP contribution in [0.5, 0.6) is 0 Å². The molecule has 0 atom stereocenters. The highest BCUT2D eigenvalue weighted by Gasteiger charge is 2.22. The van der Waals surface area contributed by atoms with Gasteiger partial charge >= 0.3 is 0 Å². The Morgan fingerprint density at radius 3 is 2.74 bits per heavy atom. The van der Waals surface area contributed by atoms with Crippen molar-refractivity contribution in [3.05, 3.63) is 48.5 Å². The number of imidazole rings is 1. The van der Waals surface area contributed by atoms with E-state index in [-0.39, 0.29) is 0 Å². The van der Waals surface area contributed by atoms with Crippen LogP contribution in [-0.2, 0) is 11.3 Å². The van der Waals surface area contributed by atoms with E-state index in [1.54, 1.807) is 12.7 Å². The minimum atomic E-state index is 0.311. The second kappa shape index (κ2) is 6.34. The quantitative estimate of drug-likeness (QED) is 0.802. The summed E-state index contributed by atoms with van der Waals surface area (Å²) in [4.78, 5) is 18.2. The van der Waals surface area contributed by atoms with Crippen LogP contribution in [0.15, 0.2) is 43.0 Å². The molecule has 1 aliphatic heterocycles. The summed E-state index contributed by atoms with van der Waals surface area (Å²) in [5.74, 6) is 0.939. The fourth-order valence-electron chi connectivity index (χ4n) is 3.01. The minimum Gasteiger partial charge on any atom is -0.373 e. The summed E-state index contributed by atoms with van der Waals surface area (Å²) in [7, 11) is 0. The van der Waals surface area contributed by atoms with Gasteiger partial charge in [0.25, 0.3) is 0 Å². The fraction of sp³-hybridized carbons (Fsp3) is 0.353. The van der Waals surface area contributed by atoms with Gasteiger partial charge in [0.1, 0.15) is 11.8 Å². The molecule has 3 heterocycles. The van der Waals surface area contributed by atoms with E-state index in [0.717, 1.165) is 42.9 Å². The lowest BCUT2D eigenvalue weighted by molar-refractivity contribution is 0.0251. The van der Waals surface area contributed by atoms with E-state index in [9.17, 15) is 0 Å². The Morgan fingerprint density at radius 2 is 1.91 bits per heavy atom. The standard InChI is InChI=1S/C17H19N5O/c1-2-4-13(5-3-1)10-23-14-6-8-22(9-7-14)17-15-16(19-11-18-15)20-12-21-17/h1-5,11-12,14H,6-10H2,(H,18,19,20,21). The Balaban J connectivity index is 1.37. The number of ether oxygens (including phenoxy) is 1. The molecule has 0 bridgehead atoms. The zero-order valence-corrected chi connectivity index (χ0v) is 12.9. The molecule has 0 unspecified atom stereocenters. The number of fused-ring (bicyclic) bond motifs is 1. The summed E-state index contributed by atoms with van der Waals surface area (Å²) in [6.07, 6.45) is 5.57. The third-order valence-electron chi connectivity index (χ3n) is 4.27. The molecule has 6 heteroatoms. The Morgan fingerprint density at radius 1 is 1.09 bits per heavy atom. The largest absolute Gasteiger partial charge is 0.373 e. The SMILES string of the molecule is c1ccc(COC2CCN(c3ncnc4nc[nH]c34)CC2)cc1. The number of hydrogen-bond acceptors (Lipinski definition) is 5. The number of piperidine rings is 1. The Labute approximate surface area is 134 Å². The van der Waals surface area contributed by atoms with E-state index in [2.05, 4.69) is 37.0 Å². The first-order valence-corrected chi connectivity index (χ1v) is 7.95. The maximum Gasteiger partial charge on any atom is 0.182 e. The number of hydrogen-bond donors (Lipinski definition) is 1. The molecule has 1 fully saturated rings. The lowest BCUT2D eigenvalue weighted by Gasteiger charge is -2.32. The average molecular weight is 309 g/mol. The highest BCUT2D eigenvalue weighted by atomic mass is 16.5. The van der Waals surface area contributed by atoms with Gasteiger partial charge in [-0.2, -0.15) is 0 Å². The molecule has 6 nitrogen and oxygen atoms in total. The van der Waals surface area contributed by atoms with Crippen LogP contribution in [0.1, 0.15) is 18.4 Å². The van der Waals surface area contributed by atoms with Gasteiger partial charge in [-0.25, -0.2) is 15.0 Å². The number of nitrogens with zero attached hydrogens (tertiary/aromatic N) is 4. The van der Waals surface area contributed by atoms with Crippen LogP contribution in [-0.4, -0.2) is 39.1 Å². The zero-order chi connectivity index (χ0) is 15.5. The molecule has 118 valence electrons. The predicted molar refractivity (Wildman–Crippen MR) is 88.1 cm³/mol. The maximum absolute atomic E-state index is 6.05. The van der Waals surface area contributed by atoms with E-state index >= 15 is 0 Å².